The van der Waals surface area contributed by atoms with Crippen LogP contribution in [0.3, 0.4) is 0 Å². The molecule has 2 aromatic rings. The molecular formula is C23H24FN3O3. The Kier molecular flexibility index (Phi) is 4.90. The Labute approximate surface area is 174 Å². The van der Waals surface area contributed by atoms with E-state index in [0.29, 0.717) is 30.8 Å². The van der Waals surface area contributed by atoms with E-state index >= 15 is 0 Å². The molecule has 156 valence electrons. The highest BCUT2D eigenvalue weighted by molar-refractivity contribution is 5.94. The molecule has 6 nitrogen and oxygen atoms in total. The highest BCUT2D eigenvalue weighted by Crippen LogP contribution is 2.30. The topological polar surface area (TPSA) is 61.9 Å². The second-order valence-electron chi connectivity index (χ2n) is 8.22. The minimum atomic E-state index is -0.640. The predicted octanol–water partition coefficient (Wildman–Crippen LogP) is 1.84. The molecule has 2 fully saturated rings. The van der Waals surface area contributed by atoms with Gasteiger partial charge in [-0.3, -0.25) is 14.5 Å². The average Bonchev–Trinajstić information content (AvgIpc) is 3.38. The number of nitrogens with zero attached hydrogens (tertiary/aromatic N) is 2. The van der Waals surface area contributed by atoms with Crippen molar-refractivity contribution in [3.05, 3.63) is 65.5 Å². The number of amides is 2. The van der Waals surface area contributed by atoms with E-state index in [1.807, 2.05) is 35.2 Å². The van der Waals surface area contributed by atoms with Crippen LogP contribution in [0.2, 0.25) is 0 Å². The Morgan fingerprint density at radius 1 is 1.13 bits per heavy atom. The van der Waals surface area contributed by atoms with Crippen molar-refractivity contribution in [1.82, 2.24) is 15.1 Å². The third-order valence-electron chi connectivity index (χ3n) is 6.34. The SMILES string of the molecule is O=C(NC[C@H]1CN(C(=O)c2ccccc2)[C@H]2CCN1C2)[C@@H]1Cc2cc(F)ccc2O1. The fourth-order valence-electron chi connectivity index (χ4n) is 4.73. The van der Waals surface area contributed by atoms with Gasteiger partial charge in [0.05, 0.1) is 0 Å². The van der Waals surface area contributed by atoms with Crippen molar-refractivity contribution in [3.8, 4) is 5.75 Å². The Morgan fingerprint density at radius 3 is 2.80 bits per heavy atom. The number of piperazine rings is 1. The molecule has 3 aliphatic heterocycles. The number of halogens is 1. The molecule has 2 aromatic carbocycles. The van der Waals surface area contributed by atoms with Crippen LogP contribution in [-0.4, -0.2) is 66.0 Å². The van der Waals surface area contributed by atoms with Crippen molar-refractivity contribution >= 4 is 11.8 Å². The number of fused-ring (bicyclic) bond motifs is 3. The second-order valence-corrected chi connectivity index (χ2v) is 8.22. The Bertz CT molecular complexity index is 967. The van der Waals surface area contributed by atoms with Crippen molar-refractivity contribution in [2.24, 2.45) is 0 Å². The number of rotatable bonds is 4. The van der Waals surface area contributed by atoms with E-state index in [2.05, 4.69) is 10.2 Å². The van der Waals surface area contributed by atoms with Crippen molar-refractivity contribution in [2.45, 2.75) is 31.0 Å². The van der Waals surface area contributed by atoms with Gasteiger partial charge in [0.25, 0.3) is 11.8 Å². The van der Waals surface area contributed by atoms with E-state index in [1.54, 1.807) is 6.07 Å². The van der Waals surface area contributed by atoms with E-state index in [1.165, 1.54) is 12.1 Å². The zero-order valence-electron chi connectivity index (χ0n) is 16.6. The Hall–Kier alpha value is -2.93. The third-order valence-corrected chi connectivity index (χ3v) is 6.34. The molecule has 5 rings (SSSR count). The molecule has 0 aromatic heterocycles. The quantitative estimate of drug-likeness (QED) is 0.837. The summed E-state index contributed by atoms with van der Waals surface area (Å²) in [5.41, 5.74) is 1.42. The van der Waals surface area contributed by atoms with Gasteiger partial charge in [-0.2, -0.15) is 0 Å². The molecule has 0 spiro atoms. The van der Waals surface area contributed by atoms with Gasteiger partial charge in [0.1, 0.15) is 11.6 Å². The lowest BCUT2D eigenvalue weighted by Crippen LogP contribution is -2.58. The van der Waals surface area contributed by atoms with Gasteiger partial charge < -0.3 is 15.0 Å². The molecule has 3 heterocycles. The summed E-state index contributed by atoms with van der Waals surface area (Å²) in [7, 11) is 0. The first-order chi connectivity index (χ1) is 14.6. The van der Waals surface area contributed by atoms with Gasteiger partial charge in [-0.05, 0) is 36.8 Å². The number of carbonyl (C=O) groups excluding carboxylic acids is 2. The van der Waals surface area contributed by atoms with Crippen LogP contribution in [0.1, 0.15) is 22.3 Å². The molecule has 1 unspecified atom stereocenters. The van der Waals surface area contributed by atoms with Gasteiger partial charge in [0, 0.05) is 55.8 Å². The molecule has 30 heavy (non-hydrogen) atoms. The molecule has 0 radical (unpaired) electrons. The van der Waals surface area contributed by atoms with Crippen molar-refractivity contribution in [1.29, 1.82) is 0 Å². The molecule has 4 atom stereocenters. The van der Waals surface area contributed by atoms with Crippen LogP contribution in [0.15, 0.2) is 48.5 Å². The highest BCUT2D eigenvalue weighted by Gasteiger charge is 2.41. The summed E-state index contributed by atoms with van der Waals surface area (Å²) >= 11 is 0. The van der Waals surface area contributed by atoms with Crippen LogP contribution in [0, 0.1) is 5.82 Å². The smallest absolute Gasteiger partial charge is 0.261 e. The van der Waals surface area contributed by atoms with Crippen LogP contribution < -0.4 is 10.1 Å². The first-order valence-electron chi connectivity index (χ1n) is 10.4. The van der Waals surface area contributed by atoms with Gasteiger partial charge in [-0.1, -0.05) is 18.2 Å². The first-order valence-corrected chi connectivity index (χ1v) is 10.4. The second kappa shape index (κ2) is 7.72. The van der Waals surface area contributed by atoms with E-state index < -0.39 is 6.10 Å². The van der Waals surface area contributed by atoms with Gasteiger partial charge in [0.2, 0.25) is 0 Å². The number of hydrogen-bond donors (Lipinski definition) is 1. The fourth-order valence-corrected chi connectivity index (χ4v) is 4.73. The largest absolute Gasteiger partial charge is 0.480 e. The average molecular weight is 409 g/mol. The molecule has 2 bridgehead atoms. The van der Waals surface area contributed by atoms with E-state index in [4.69, 9.17) is 4.74 Å². The van der Waals surface area contributed by atoms with Crippen molar-refractivity contribution < 1.29 is 18.7 Å². The number of nitrogens with one attached hydrogen (secondary N) is 1. The number of benzene rings is 2. The van der Waals surface area contributed by atoms with Gasteiger partial charge >= 0.3 is 0 Å². The lowest BCUT2D eigenvalue weighted by atomic mass is 10.1. The van der Waals surface area contributed by atoms with E-state index in [-0.39, 0.29) is 29.7 Å². The number of hydrogen-bond acceptors (Lipinski definition) is 4. The summed E-state index contributed by atoms with van der Waals surface area (Å²) < 4.78 is 19.1. The van der Waals surface area contributed by atoms with Crippen LogP contribution in [0.4, 0.5) is 4.39 Å². The van der Waals surface area contributed by atoms with Crippen molar-refractivity contribution in [3.63, 3.8) is 0 Å². The molecule has 7 heteroatoms. The minimum Gasteiger partial charge on any atom is -0.480 e. The lowest BCUT2D eigenvalue weighted by Gasteiger charge is -2.40. The summed E-state index contributed by atoms with van der Waals surface area (Å²) in [4.78, 5) is 30.0. The maximum absolute atomic E-state index is 13.4. The first kappa shape index (κ1) is 19.1. The van der Waals surface area contributed by atoms with Crippen molar-refractivity contribution in [2.75, 3.05) is 26.2 Å². The normalized spacial score (nSPS) is 26.8. The summed E-state index contributed by atoms with van der Waals surface area (Å²) in [6.07, 6.45) is 0.683. The lowest BCUT2D eigenvalue weighted by molar-refractivity contribution is -0.127. The summed E-state index contributed by atoms with van der Waals surface area (Å²) in [5.74, 6) is 0.0903. The van der Waals surface area contributed by atoms with Crippen LogP contribution in [-0.2, 0) is 11.2 Å². The number of ether oxygens (including phenoxy) is 1. The fraction of sp³-hybridized carbons (Fsp3) is 0.391. The zero-order valence-corrected chi connectivity index (χ0v) is 16.6. The molecule has 3 aliphatic rings. The summed E-state index contributed by atoms with van der Waals surface area (Å²) in [5, 5.41) is 2.99. The molecule has 0 saturated carbocycles. The van der Waals surface area contributed by atoms with Gasteiger partial charge in [0.15, 0.2) is 6.10 Å². The minimum absolute atomic E-state index is 0.0510. The van der Waals surface area contributed by atoms with Crippen LogP contribution in [0.5, 0.6) is 5.75 Å². The van der Waals surface area contributed by atoms with E-state index in [0.717, 1.165) is 25.1 Å². The Balaban J connectivity index is 1.21. The summed E-state index contributed by atoms with van der Waals surface area (Å²) in [6, 6.07) is 14.0. The number of carbonyl (C=O) groups is 2. The van der Waals surface area contributed by atoms with E-state index in [9.17, 15) is 14.0 Å². The summed E-state index contributed by atoms with van der Waals surface area (Å²) in [6.45, 7) is 2.81. The molecular weight excluding hydrogens is 385 g/mol. The molecule has 0 aliphatic carbocycles. The third kappa shape index (κ3) is 3.54. The Morgan fingerprint density at radius 2 is 1.97 bits per heavy atom. The molecule has 1 N–H and O–H groups in total. The van der Waals surface area contributed by atoms with Crippen LogP contribution >= 0.6 is 0 Å². The zero-order chi connectivity index (χ0) is 20.7. The van der Waals surface area contributed by atoms with Gasteiger partial charge in [-0.25, -0.2) is 4.39 Å². The monoisotopic (exact) mass is 409 g/mol. The molecule has 2 amide bonds. The maximum atomic E-state index is 13.4. The van der Waals surface area contributed by atoms with Crippen LogP contribution in [0.25, 0.3) is 0 Å². The maximum Gasteiger partial charge on any atom is 0.261 e. The standard InChI is InChI=1S/C23H24FN3O3/c24-17-6-7-20-16(10-17)11-21(30-20)22(28)25-12-19-14-27(18-8-9-26(19)13-18)23(29)15-4-2-1-3-5-15/h1-7,10,18-19,21H,8-9,11-14H2,(H,25,28)/t18-,19-,21-/m0/s1. The molecule has 2 saturated heterocycles. The highest BCUT2D eigenvalue weighted by atomic mass is 19.1. The predicted molar refractivity (Wildman–Crippen MR) is 109 cm³/mol. The van der Waals surface area contributed by atoms with Gasteiger partial charge in [-0.15, -0.1) is 0 Å².